The molecule has 0 saturated heterocycles. The van der Waals surface area contributed by atoms with Gasteiger partial charge in [0.2, 0.25) is 0 Å². The topological polar surface area (TPSA) is 106 Å². The minimum Gasteiger partial charge on any atom is -0.494 e. The molecule has 1 atom stereocenters. The Labute approximate surface area is 209 Å². The lowest BCUT2D eigenvalue weighted by Crippen LogP contribution is -2.18. The summed E-state index contributed by atoms with van der Waals surface area (Å²) in [6.07, 6.45) is 2.97. The normalized spacial score (nSPS) is 11.8. The second kappa shape index (κ2) is 10.9. The molecule has 4 N–H and O–H groups in total. The predicted molar refractivity (Wildman–Crippen MR) is 138 cm³/mol. The maximum atomic E-state index is 15.9. The number of furan rings is 1. The zero-order chi connectivity index (χ0) is 25.7. The first kappa shape index (κ1) is 24.8. The van der Waals surface area contributed by atoms with Crippen LogP contribution >= 0.6 is 0 Å². The van der Waals surface area contributed by atoms with Crippen molar-refractivity contribution in [2.45, 2.75) is 32.9 Å². The summed E-state index contributed by atoms with van der Waals surface area (Å²) in [5.74, 6) is 0.0731. The quantitative estimate of drug-likeness (QED) is 0.183. The lowest BCUT2D eigenvalue weighted by atomic mass is 10.00. The highest BCUT2D eigenvalue weighted by atomic mass is 19.1. The van der Waals surface area contributed by atoms with Crippen LogP contribution in [0.3, 0.4) is 0 Å². The summed E-state index contributed by atoms with van der Waals surface area (Å²) in [7, 11) is 0. The fraction of sp³-hybridized carbons (Fsp3) is 0.214. The first-order valence-electron chi connectivity index (χ1n) is 11.7. The van der Waals surface area contributed by atoms with Crippen molar-refractivity contribution in [3.05, 3.63) is 95.8 Å². The number of nitrogen functional groups attached to an aromatic ring is 1. The number of anilines is 1. The third-order valence-electron chi connectivity index (χ3n) is 5.42. The number of nitrogens with zero attached hydrogens (tertiary/aromatic N) is 1. The number of nitrogens with one attached hydrogen (secondary N) is 2. The molecule has 0 bridgehead atoms. The highest BCUT2D eigenvalue weighted by molar-refractivity contribution is 5.95. The third kappa shape index (κ3) is 5.66. The van der Waals surface area contributed by atoms with Gasteiger partial charge in [-0.15, -0.1) is 0 Å². The van der Waals surface area contributed by atoms with Gasteiger partial charge in [0.25, 0.3) is 0 Å². The molecular formula is C28H29FN4O3. The van der Waals surface area contributed by atoms with E-state index in [2.05, 4.69) is 5.32 Å². The van der Waals surface area contributed by atoms with E-state index < -0.39 is 11.9 Å². The van der Waals surface area contributed by atoms with E-state index in [4.69, 9.17) is 30.0 Å². The van der Waals surface area contributed by atoms with E-state index in [0.717, 1.165) is 5.56 Å². The van der Waals surface area contributed by atoms with E-state index in [9.17, 15) is 0 Å². The van der Waals surface area contributed by atoms with E-state index >= 15 is 4.39 Å². The summed E-state index contributed by atoms with van der Waals surface area (Å²) in [6.45, 7) is 5.97. The molecule has 186 valence electrons. The fourth-order valence-electron chi connectivity index (χ4n) is 3.80. The zero-order valence-corrected chi connectivity index (χ0v) is 20.4. The number of aromatic nitrogens is 1. The molecule has 2 aromatic heterocycles. The van der Waals surface area contributed by atoms with Crippen molar-refractivity contribution < 1.29 is 18.3 Å². The Balaban J connectivity index is 1.84. The number of halogens is 1. The largest absolute Gasteiger partial charge is 0.494 e. The zero-order valence-electron chi connectivity index (χ0n) is 20.4. The Morgan fingerprint density at radius 1 is 1.14 bits per heavy atom. The maximum Gasteiger partial charge on any atom is 0.171 e. The van der Waals surface area contributed by atoms with Crippen LogP contribution in [0.5, 0.6) is 11.5 Å². The van der Waals surface area contributed by atoms with E-state index in [1.807, 2.05) is 45.0 Å². The number of hydrogen-bond acceptors (Lipinski definition) is 6. The molecule has 1 unspecified atom stereocenters. The molecule has 0 aliphatic rings. The van der Waals surface area contributed by atoms with Gasteiger partial charge < -0.3 is 24.9 Å². The van der Waals surface area contributed by atoms with Gasteiger partial charge in [-0.05, 0) is 69.3 Å². The van der Waals surface area contributed by atoms with Crippen molar-refractivity contribution in [3.63, 3.8) is 0 Å². The van der Waals surface area contributed by atoms with Gasteiger partial charge in [0, 0.05) is 28.4 Å². The molecule has 0 aliphatic carbocycles. The predicted octanol–water partition coefficient (Wildman–Crippen LogP) is 6.15. The second-order valence-electron chi connectivity index (χ2n) is 8.45. The molecule has 0 fully saturated rings. The van der Waals surface area contributed by atoms with Crippen LogP contribution in [-0.4, -0.2) is 23.5 Å². The number of rotatable bonds is 10. The van der Waals surface area contributed by atoms with Gasteiger partial charge in [-0.25, -0.2) is 4.39 Å². The van der Waals surface area contributed by atoms with Crippen molar-refractivity contribution in [3.8, 4) is 22.8 Å². The van der Waals surface area contributed by atoms with Crippen LogP contribution < -0.4 is 20.5 Å². The van der Waals surface area contributed by atoms with Crippen molar-refractivity contribution in [2.75, 3.05) is 11.9 Å². The smallest absolute Gasteiger partial charge is 0.171 e. The number of ether oxygens (including phenoxy) is 2. The molecule has 4 rings (SSSR count). The summed E-state index contributed by atoms with van der Waals surface area (Å²) in [6, 6.07) is 17.0. The number of amidine groups is 1. The van der Waals surface area contributed by atoms with E-state index in [-0.39, 0.29) is 17.7 Å². The van der Waals surface area contributed by atoms with Gasteiger partial charge in [-0.3, -0.25) is 10.4 Å². The third-order valence-corrected chi connectivity index (χ3v) is 5.42. The number of pyridine rings is 1. The van der Waals surface area contributed by atoms with Crippen molar-refractivity contribution >= 4 is 11.5 Å². The van der Waals surface area contributed by atoms with E-state index in [0.29, 0.717) is 40.6 Å². The van der Waals surface area contributed by atoms with Crippen LogP contribution in [0.4, 0.5) is 10.1 Å². The first-order chi connectivity index (χ1) is 17.4. The van der Waals surface area contributed by atoms with Gasteiger partial charge in [0.1, 0.15) is 11.6 Å². The van der Waals surface area contributed by atoms with Crippen molar-refractivity contribution in [2.24, 2.45) is 5.73 Å². The molecule has 2 heterocycles. The molecule has 4 aromatic rings. The summed E-state index contributed by atoms with van der Waals surface area (Å²) < 4.78 is 32.7. The van der Waals surface area contributed by atoms with Gasteiger partial charge in [-0.1, -0.05) is 6.07 Å². The number of hydrogen-bond donors (Lipinski definition) is 3. The minimum atomic E-state index is -0.685. The highest BCUT2D eigenvalue weighted by Gasteiger charge is 2.25. The molecule has 36 heavy (non-hydrogen) atoms. The van der Waals surface area contributed by atoms with Crippen LogP contribution in [0, 0.1) is 11.2 Å². The molecule has 0 aliphatic heterocycles. The Hall–Kier alpha value is -4.33. The molecule has 0 radical (unpaired) electrons. The first-order valence-corrected chi connectivity index (χ1v) is 11.7. The molecule has 2 aromatic carbocycles. The Bertz CT molecular complexity index is 1320. The Kier molecular flexibility index (Phi) is 7.53. The van der Waals surface area contributed by atoms with E-state index in [1.165, 1.54) is 0 Å². The Morgan fingerprint density at radius 2 is 1.92 bits per heavy atom. The Morgan fingerprint density at radius 3 is 2.56 bits per heavy atom. The number of benzene rings is 2. The molecular weight excluding hydrogens is 459 g/mol. The lowest BCUT2D eigenvalue weighted by molar-refractivity contribution is 0.228. The van der Waals surface area contributed by atoms with Crippen molar-refractivity contribution in [1.82, 2.24) is 4.98 Å². The van der Waals surface area contributed by atoms with Gasteiger partial charge in [0.15, 0.2) is 11.6 Å². The molecule has 7 nitrogen and oxygen atoms in total. The van der Waals surface area contributed by atoms with Gasteiger partial charge in [0.05, 0.1) is 42.7 Å². The van der Waals surface area contributed by atoms with E-state index in [1.54, 1.807) is 48.9 Å². The standard InChI is InChI=1S/C28H29FN4O3/c1-4-35-21-14-22(26(29)25(15-21)36-17(2)3)27(32-20-10-8-18(9-11-20)28(30)31)24-7-5-6-23(33-24)19-12-13-34-16-19/h5-17,27,32H,4H2,1-3H3,(H3,30,31). The summed E-state index contributed by atoms with van der Waals surface area (Å²) >= 11 is 0. The monoisotopic (exact) mass is 488 g/mol. The lowest BCUT2D eigenvalue weighted by Gasteiger charge is -2.24. The van der Waals surface area contributed by atoms with Crippen molar-refractivity contribution in [1.29, 1.82) is 5.41 Å². The second-order valence-corrected chi connectivity index (χ2v) is 8.45. The van der Waals surface area contributed by atoms with Crippen LogP contribution in [0.25, 0.3) is 11.3 Å². The molecule has 0 amide bonds. The molecule has 8 heteroatoms. The minimum absolute atomic E-state index is 0.0292. The van der Waals surface area contributed by atoms with Gasteiger partial charge in [-0.2, -0.15) is 0 Å². The maximum absolute atomic E-state index is 15.9. The average Bonchev–Trinajstić information content (AvgIpc) is 3.40. The fourth-order valence-corrected chi connectivity index (χ4v) is 3.80. The summed E-state index contributed by atoms with van der Waals surface area (Å²) in [4.78, 5) is 4.82. The van der Waals surface area contributed by atoms with Crippen LogP contribution in [-0.2, 0) is 0 Å². The van der Waals surface area contributed by atoms with Crippen LogP contribution in [0.15, 0.2) is 77.6 Å². The highest BCUT2D eigenvalue weighted by Crippen LogP contribution is 2.36. The number of nitrogens with two attached hydrogens (primary N) is 1. The SMILES string of the molecule is CCOc1cc(OC(C)C)c(F)c(C(Nc2ccc(C(=N)N)cc2)c2cccc(-c3ccoc3)n2)c1. The molecule has 0 saturated carbocycles. The van der Waals surface area contributed by atoms with Crippen LogP contribution in [0.2, 0.25) is 0 Å². The summed E-state index contributed by atoms with van der Waals surface area (Å²) in [5, 5.41) is 11.0. The van der Waals surface area contributed by atoms with Crippen LogP contribution in [0.1, 0.15) is 43.6 Å². The average molecular weight is 489 g/mol. The summed E-state index contributed by atoms with van der Waals surface area (Å²) in [5.41, 5.74) is 9.31. The molecule has 0 spiro atoms. The van der Waals surface area contributed by atoms with Gasteiger partial charge >= 0.3 is 0 Å².